The van der Waals surface area contributed by atoms with Gasteiger partial charge in [0, 0.05) is 25.7 Å². The third kappa shape index (κ3) is 1.64. The molecule has 2 saturated heterocycles. The van der Waals surface area contributed by atoms with E-state index in [9.17, 15) is 4.79 Å². The third-order valence-corrected chi connectivity index (χ3v) is 4.50. The Kier molecular flexibility index (Phi) is 2.64. The lowest BCUT2D eigenvalue weighted by Gasteiger charge is -2.21. The van der Waals surface area contributed by atoms with Crippen LogP contribution in [0.5, 0.6) is 0 Å². The lowest BCUT2D eigenvalue weighted by Crippen LogP contribution is -2.37. The van der Waals surface area contributed by atoms with Gasteiger partial charge in [-0.3, -0.25) is 4.79 Å². The van der Waals surface area contributed by atoms with Gasteiger partial charge in [-0.1, -0.05) is 0 Å². The van der Waals surface area contributed by atoms with E-state index in [0.717, 1.165) is 32.5 Å². The van der Waals surface area contributed by atoms with Crippen LogP contribution in [-0.4, -0.2) is 43.2 Å². The molecule has 4 heteroatoms. The average Bonchev–Trinajstić information content (AvgIpc) is 2.96. The fourth-order valence-electron chi connectivity index (χ4n) is 3.47. The molecule has 2 N–H and O–H groups in total. The van der Waals surface area contributed by atoms with Crippen molar-refractivity contribution in [3.8, 4) is 0 Å². The SMILES string of the molecule is NC1CCC2CN(C(=O)C3CCOC3)CC12. The first kappa shape index (κ1) is 10.5. The van der Waals surface area contributed by atoms with Crippen molar-refractivity contribution in [2.24, 2.45) is 23.5 Å². The molecule has 1 saturated carbocycles. The normalized spacial score (nSPS) is 42.7. The monoisotopic (exact) mass is 224 g/mol. The Balaban J connectivity index is 1.63. The van der Waals surface area contributed by atoms with Crippen LogP contribution in [-0.2, 0) is 9.53 Å². The van der Waals surface area contributed by atoms with Crippen LogP contribution < -0.4 is 5.73 Å². The maximum absolute atomic E-state index is 12.2. The van der Waals surface area contributed by atoms with Gasteiger partial charge in [0.05, 0.1) is 12.5 Å². The van der Waals surface area contributed by atoms with Crippen LogP contribution in [0.1, 0.15) is 19.3 Å². The Morgan fingerprint density at radius 2 is 2.12 bits per heavy atom. The molecule has 0 aromatic heterocycles. The number of carbonyl (C=O) groups is 1. The smallest absolute Gasteiger partial charge is 0.228 e. The number of amides is 1. The van der Waals surface area contributed by atoms with Crippen LogP contribution in [0.4, 0.5) is 0 Å². The molecule has 3 fully saturated rings. The molecule has 4 atom stereocenters. The summed E-state index contributed by atoms with van der Waals surface area (Å²) in [4.78, 5) is 14.2. The summed E-state index contributed by atoms with van der Waals surface area (Å²) >= 11 is 0. The Morgan fingerprint density at radius 1 is 1.25 bits per heavy atom. The molecule has 4 unspecified atom stereocenters. The zero-order valence-electron chi connectivity index (χ0n) is 9.60. The number of rotatable bonds is 1. The van der Waals surface area contributed by atoms with Crippen molar-refractivity contribution in [1.29, 1.82) is 0 Å². The van der Waals surface area contributed by atoms with Crippen molar-refractivity contribution in [2.45, 2.75) is 25.3 Å². The number of fused-ring (bicyclic) bond motifs is 1. The Morgan fingerprint density at radius 3 is 2.81 bits per heavy atom. The number of nitrogens with zero attached hydrogens (tertiary/aromatic N) is 1. The molecule has 1 aliphatic carbocycles. The molecule has 16 heavy (non-hydrogen) atoms. The van der Waals surface area contributed by atoms with E-state index in [1.807, 2.05) is 4.90 Å². The topological polar surface area (TPSA) is 55.6 Å². The number of hydrogen-bond donors (Lipinski definition) is 1. The highest BCUT2D eigenvalue weighted by Crippen LogP contribution is 2.37. The van der Waals surface area contributed by atoms with Crippen molar-refractivity contribution >= 4 is 5.91 Å². The van der Waals surface area contributed by atoms with Crippen molar-refractivity contribution in [1.82, 2.24) is 4.90 Å². The maximum Gasteiger partial charge on any atom is 0.228 e. The Labute approximate surface area is 96.1 Å². The van der Waals surface area contributed by atoms with Crippen LogP contribution in [0, 0.1) is 17.8 Å². The number of ether oxygens (including phenoxy) is 1. The predicted molar refractivity (Wildman–Crippen MR) is 59.7 cm³/mol. The van der Waals surface area contributed by atoms with E-state index in [-0.39, 0.29) is 5.92 Å². The zero-order valence-corrected chi connectivity index (χ0v) is 9.60. The molecule has 0 aromatic carbocycles. The van der Waals surface area contributed by atoms with Gasteiger partial charge in [0.1, 0.15) is 0 Å². The van der Waals surface area contributed by atoms with Crippen LogP contribution >= 0.6 is 0 Å². The molecular weight excluding hydrogens is 204 g/mol. The van der Waals surface area contributed by atoms with Gasteiger partial charge >= 0.3 is 0 Å². The highest BCUT2D eigenvalue weighted by molar-refractivity contribution is 5.79. The van der Waals surface area contributed by atoms with Gasteiger partial charge in [-0.2, -0.15) is 0 Å². The first-order chi connectivity index (χ1) is 7.75. The fraction of sp³-hybridized carbons (Fsp3) is 0.917. The second-order valence-corrected chi connectivity index (χ2v) is 5.47. The molecule has 2 aliphatic heterocycles. The Bertz CT molecular complexity index is 289. The minimum atomic E-state index is 0.120. The number of hydrogen-bond acceptors (Lipinski definition) is 3. The van der Waals surface area contributed by atoms with Crippen LogP contribution in [0.2, 0.25) is 0 Å². The summed E-state index contributed by atoms with van der Waals surface area (Å²) in [6, 6.07) is 0.322. The molecule has 3 rings (SSSR count). The van der Waals surface area contributed by atoms with E-state index in [0.29, 0.717) is 30.4 Å². The van der Waals surface area contributed by atoms with Gasteiger partial charge in [0.25, 0.3) is 0 Å². The molecule has 4 nitrogen and oxygen atoms in total. The largest absolute Gasteiger partial charge is 0.381 e. The predicted octanol–water partition coefficient (Wildman–Crippen LogP) is 0.219. The summed E-state index contributed by atoms with van der Waals surface area (Å²) in [5.74, 6) is 1.65. The second-order valence-electron chi connectivity index (χ2n) is 5.47. The first-order valence-corrected chi connectivity index (χ1v) is 6.38. The van der Waals surface area contributed by atoms with E-state index >= 15 is 0 Å². The lowest BCUT2D eigenvalue weighted by molar-refractivity contribution is -0.134. The third-order valence-electron chi connectivity index (χ3n) is 4.50. The minimum Gasteiger partial charge on any atom is -0.381 e. The Hall–Kier alpha value is -0.610. The highest BCUT2D eigenvalue weighted by atomic mass is 16.5. The summed E-state index contributed by atoms with van der Waals surface area (Å²) in [7, 11) is 0. The molecule has 0 spiro atoms. The summed E-state index contributed by atoms with van der Waals surface area (Å²) in [5, 5.41) is 0. The van der Waals surface area contributed by atoms with E-state index in [1.165, 1.54) is 6.42 Å². The minimum absolute atomic E-state index is 0.120. The molecule has 3 aliphatic rings. The van der Waals surface area contributed by atoms with Crippen molar-refractivity contribution in [3.63, 3.8) is 0 Å². The van der Waals surface area contributed by atoms with Crippen LogP contribution in [0.15, 0.2) is 0 Å². The summed E-state index contributed by atoms with van der Waals surface area (Å²) in [5.41, 5.74) is 6.07. The second kappa shape index (κ2) is 4.00. The summed E-state index contributed by atoms with van der Waals surface area (Å²) < 4.78 is 5.28. The molecule has 0 aromatic rings. The molecule has 90 valence electrons. The van der Waals surface area contributed by atoms with Crippen LogP contribution in [0.3, 0.4) is 0 Å². The summed E-state index contributed by atoms with van der Waals surface area (Å²) in [6.07, 6.45) is 3.25. The van der Waals surface area contributed by atoms with Gasteiger partial charge in [0.2, 0.25) is 5.91 Å². The fourth-order valence-corrected chi connectivity index (χ4v) is 3.47. The van der Waals surface area contributed by atoms with E-state index < -0.39 is 0 Å². The molecule has 0 bridgehead atoms. The van der Waals surface area contributed by atoms with Crippen molar-refractivity contribution in [2.75, 3.05) is 26.3 Å². The van der Waals surface area contributed by atoms with Gasteiger partial charge in [0.15, 0.2) is 0 Å². The first-order valence-electron chi connectivity index (χ1n) is 6.38. The zero-order chi connectivity index (χ0) is 11.1. The van der Waals surface area contributed by atoms with E-state index in [2.05, 4.69) is 0 Å². The van der Waals surface area contributed by atoms with Crippen LogP contribution in [0.25, 0.3) is 0 Å². The van der Waals surface area contributed by atoms with Crippen molar-refractivity contribution in [3.05, 3.63) is 0 Å². The number of carbonyl (C=O) groups excluding carboxylic acids is 1. The molecule has 0 radical (unpaired) electrons. The van der Waals surface area contributed by atoms with Crippen molar-refractivity contribution < 1.29 is 9.53 Å². The molecule has 2 heterocycles. The standard InChI is InChI=1S/C12H20N2O2/c13-11-2-1-8-5-14(6-10(8)11)12(15)9-3-4-16-7-9/h8-11H,1-7,13H2. The lowest BCUT2D eigenvalue weighted by atomic mass is 9.98. The average molecular weight is 224 g/mol. The number of likely N-dealkylation sites (tertiary alicyclic amines) is 1. The van der Waals surface area contributed by atoms with Gasteiger partial charge in [-0.05, 0) is 31.1 Å². The molecular formula is C12H20N2O2. The van der Waals surface area contributed by atoms with E-state index in [4.69, 9.17) is 10.5 Å². The number of nitrogens with two attached hydrogens (primary N) is 1. The van der Waals surface area contributed by atoms with E-state index in [1.54, 1.807) is 0 Å². The quantitative estimate of drug-likeness (QED) is 0.693. The van der Waals surface area contributed by atoms with Gasteiger partial charge < -0.3 is 15.4 Å². The van der Waals surface area contributed by atoms with Gasteiger partial charge in [-0.15, -0.1) is 0 Å². The maximum atomic E-state index is 12.2. The summed E-state index contributed by atoms with van der Waals surface area (Å²) in [6.45, 7) is 3.20. The highest BCUT2D eigenvalue weighted by Gasteiger charge is 2.43. The molecule has 1 amide bonds. The van der Waals surface area contributed by atoms with Gasteiger partial charge in [-0.25, -0.2) is 0 Å².